The fraction of sp³-hybridized carbons (Fsp3) is 0.400. The van der Waals surface area contributed by atoms with Crippen LogP contribution in [0.5, 0.6) is 0 Å². The van der Waals surface area contributed by atoms with Crippen molar-refractivity contribution < 1.29 is 9.21 Å². The standard InChI is InChI=1S/C15H17N3O2/c1-10-6-8-11(9-7-10)13(19)16-15-18-17-14(20-15)12-4-2-3-5-12/h6-9,12H,2-5H2,1H3,(H,16,18,19). The topological polar surface area (TPSA) is 68.0 Å². The lowest BCUT2D eigenvalue weighted by Gasteiger charge is -2.02. The van der Waals surface area contributed by atoms with Crippen LogP contribution in [0.25, 0.3) is 0 Å². The van der Waals surface area contributed by atoms with Gasteiger partial charge in [0.25, 0.3) is 5.91 Å². The Labute approximate surface area is 117 Å². The lowest BCUT2D eigenvalue weighted by Crippen LogP contribution is -2.11. The van der Waals surface area contributed by atoms with Crippen LogP contribution < -0.4 is 5.32 Å². The second-order valence-corrected chi connectivity index (χ2v) is 5.25. The van der Waals surface area contributed by atoms with Gasteiger partial charge in [-0.05, 0) is 31.9 Å². The molecule has 0 bridgehead atoms. The van der Waals surface area contributed by atoms with Crippen LogP contribution in [-0.2, 0) is 0 Å². The molecule has 2 aromatic rings. The van der Waals surface area contributed by atoms with Crippen molar-refractivity contribution in [3.8, 4) is 0 Å². The zero-order valence-electron chi connectivity index (χ0n) is 11.4. The van der Waals surface area contributed by atoms with E-state index in [-0.39, 0.29) is 11.9 Å². The number of benzene rings is 1. The van der Waals surface area contributed by atoms with Gasteiger partial charge in [0.05, 0.1) is 0 Å². The molecule has 1 saturated carbocycles. The molecule has 5 heteroatoms. The molecule has 1 aromatic carbocycles. The molecule has 1 fully saturated rings. The highest BCUT2D eigenvalue weighted by Gasteiger charge is 2.23. The second kappa shape index (κ2) is 5.45. The fourth-order valence-corrected chi connectivity index (χ4v) is 2.50. The molecular weight excluding hydrogens is 254 g/mol. The second-order valence-electron chi connectivity index (χ2n) is 5.25. The van der Waals surface area contributed by atoms with Crippen molar-refractivity contribution in [3.63, 3.8) is 0 Å². The van der Waals surface area contributed by atoms with Gasteiger partial charge in [-0.2, -0.15) is 0 Å². The molecule has 0 unspecified atom stereocenters. The van der Waals surface area contributed by atoms with Gasteiger partial charge < -0.3 is 4.42 Å². The van der Waals surface area contributed by atoms with Crippen molar-refractivity contribution in [1.82, 2.24) is 10.2 Å². The van der Waals surface area contributed by atoms with Gasteiger partial charge in [0.1, 0.15) is 0 Å². The molecule has 104 valence electrons. The van der Waals surface area contributed by atoms with Gasteiger partial charge >= 0.3 is 6.01 Å². The minimum absolute atomic E-state index is 0.178. The number of nitrogens with zero attached hydrogens (tertiary/aromatic N) is 2. The number of nitrogens with one attached hydrogen (secondary N) is 1. The van der Waals surface area contributed by atoms with Gasteiger partial charge in [0.15, 0.2) is 0 Å². The zero-order valence-corrected chi connectivity index (χ0v) is 11.4. The molecule has 1 aromatic heterocycles. The average molecular weight is 271 g/mol. The van der Waals surface area contributed by atoms with Crippen molar-refractivity contribution in [1.29, 1.82) is 0 Å². The van der Waals surface area contributed by atoms with Crippen LogP contribution in [0.3, 0.4) is 0 Å². The van der Waals surface area contributed by atoms with Crippen molar-refractivity contribution in [2.24, 2.45) is 0 Å². The Morgan fingerprint density at radius 3 is 2.60 bits per heavy atom. The summed E-state index contributed by atoms with van der Waals surface area (Å²) in [6.07, 6.45) is 4.59. The van der Waals surface area contributed by atoms with E-state index < -0.39 is 0 Å². The van der Waals surface area contributed by atoms with Gasteiger partial charge in [-0.3, -0.25) is 10.1 Å². The summed E-state index contributed by atoms with van der Waals surface area (Å²) in [5.41, 5.74) is 1.69. The third-order valence-corrected chi connectivity index (χ3v) is 3.68. The lowest BCUT2D eigenvalue weighted by molar-refractivity contribution is 0.102. The molecule has 0 atom stereocenters. The van der Waals surface area contributed by atoms with Gasteiger partial charge in [-0.15, -0.1) is 5.10 Å². The molecule has 5 nitrogen and oxygen atoms in total. The maximum atomic E-state index is 12.0. The number of hydrogen-bond donors (Lipinski definition) is 1. The van der Waals surface area contributed by atoms with E-state index in [9.17, 15) is 4.79 Å². The maximum absolute atomic E-state index is 12.0. The van der Waals surface area contributed by atoms with Gasteiger partial charge in [0.2, 0.25) is 5.89 Å². The monoisotopic (exact) mass is 271 g/mol. The SMILES string of the molecule is Cc1ccc(C(=O)Nc2nnc(C3CCCC3)o2)cc1. The van der Waals surface area contributed by atoms with E-state index in [0.29, 0.717) is 17.4 Å². The van der Waals surface area contributed by atoms with Crippen LogP contribution in [0.2, 0.25) is 0 Å². The zero-order chi connectivity index (χ0) is 13.9. The van der Waals surface area contributed by atoms with Crippen LogP contribution in [0, 0.1) is 6.92 Å². The Hall–Kier alpha value is -2.17. The molecule has 1 aliphatic carbocycles. The molecule has 3 rings (SSSR count). The highest BCUT2D eigenvalue weighted by Crippen LogP contribution is 2.33. The van der Waals surface area contributed by atoms with E-state index in [1.165, 1.54) is 12.8 Å². The highest BCUT2D eigenvalue weighted by molar-refractivity contribution is 6.03. The van der Waals surface area contributed by atoms with Crippen LogP contribution >= 0.6 is 0 Å². The number of amides is 1. The molecule has 0 saturated heterocycles. The van der Waals surface area contributed by atoms with Crippen molar-refractivity contribution in [2.75, 3.05) is 5.32 Å². The normalized spacial score (nSPS) is 15.4. The highest BCUT2D eigenvalue weighted by atomic mass is 16.4. The molecular formula is C15H17N3O2. The molecule has 1 N–H and O–H groups in total. The lowest BCUT2D eigenvalue weighted by atomic mass is 10.1. The summed E-state index contributed by atoms with van der Waals surface area (Å²) in [6, 6.07) is 7.52. The Morgan fingerprint density at radius 1 is 1.20 bits per heavy atom. The van der Waals surface area contributed by atoms with Crippen LogP contribution in [0.1, 0.15) is 53.4 Å². The first-order chi connectivity index (χ1) is 9.72. The summed E-state index contributed by atoms with van der Waals surface area (Å²) >= 11 is 0. The Morgan fingerprint density at radius 2 is 1.90 bits per heavy atom. The van der Waals surface area contributed by atoms with E-state index in [1.54, 1.807) is 12.1 Å². The third-order valence-electron chi connectivity index (χ3n) is 3.68. The van der Waals surface area contributed by atoms with Crippen LogP contribution in [-0.4, -0.2) is 16.1 Å². The molecule has 0 radical (unpaired) electrons. The average Bonchev–Trinajstić information content (AvgIpc) is 3.09. The molecule has 1 aliphatic rings. The third kappa shape index (κ3) is 2.71. The first kappa shape index (κ1) is 12.8. The smallest absolute Gasteiger partial charge is 0.322 e. The fourth-order valence-electron chi connectivity index (χ4n) is 2.50. The summed E-state index contributed by atoms with van der Waals surface area (Å²) in [4.78, 5) is 12.0. The van der Waals surface area contributed by atoms with Crippen molar-refractivity contribution in [3.05, 3.63) is 41.3 Å². The number of carbonyl (C=O) groups excluding carboxylic acids is 1. The number of hydrogen-bond acceptors (Lipinski definition) is 4. The number of rotatable bonds is 3. The Balaban J connectivity index is 1.68. The predicted molar refractivity (Wildman–Crippen MR) is 74.6 cm³/mol. The molecule has 0 spiro atoms. The first-order valence-electron chi connectivity index (χ1n) is 6.94. The van der Waals surface area contributed by atoms with E-state index in [2.05, 4.69) is 15.5 Å². The maximum Gasteiger partial charge on any atom is 0.322 e. The minimum Gasteiger partial charge on any atom is -0.408 e. The Bertz CT molecular complexity index is 598. The largest absolute Gasteiger partial charge is 0.408 e. The number of anilines is 1. The summed E-state index contributed by atoms with van der Waals surface area (Å²) in [6.45, 7) is 1.98. The van der Waals surface area contributed by atoms with Gasteiger partial charge in [0, 0.05) is 11.5 Å². The summed E-state index contributed by atoms with van der Waals surface area (Å²) in [5, 5.41) is 10.6. The Kier molecular flexibility index (Phi) is 3.50. The van der Waals surface area contributed by atoms with Crippen LogP contribution in [0.4, 0.5) is 6.01 Å². The predicted octanol–water partition coefficient (Wildman–Crippen LogP) is 3.29. The summed E-state index contributed by atoms with van der Waals surface area (Å²) in [5.74, 6) is 0.765. The number of aromatic nitrogens is 2. The molecule has 1 amide bonds. The molecule has 1 heterocycles. The number of aryl methyl sites for hydroxylation is 1. The van der Waals surface area contributed by atoms with E-state index in [1.807, 2.05) is 19.1 Å². The van der Waals surface area contributed by atoms with Crippen LogP contribution in [0.15, 0.2) is 28.7 Å². The van der Waals surface area contributed by atoms with Crippen molar-refractivity contribution >= 4 is 11.9 Å². The van der Waals surface area contributed by atoms with E-state index in [0.717, 1.165) is 18.4 Å². The molecule has 20 heavy (non-hydrogen) atoms. The first-order valence-corrected chi connectivity index (χ1v) is 6.94. The quantitative estimate of drug-likeness (QED) is 0.930. The minimum atomic E-state index is -0.230. The van der Waals surface area contributed by atoms with E-state index in [4.69, 9.17) is 4.42 Å². The summed E-state index contributed by atoms with van der Waals surface area (Å²) in [7, 11) is 0. The summed E-state index contributed by atoms with van der Waals surface area (Å²) < 4.78 is 5.53. The van der Waals surface area contributed by atoms with E-state index >= 15 is 0 Å². The van der Waals surface area contributed by atoms with Crippen molar-refractivity contribution in [2.45, 2.75) is 38.5 Å². The number of carbonyl (C=O) groups is 1. The van der Waals surface area contributed by atoms with Gasteiger partial charge in [-0.25, -0.2) is 0 Å². The molecule has 0 aliphatic heterocycles. The van der Waals surface area contributed by atoms with Gasteiger partial charge in [-0.1, -0.05) is 35.6 Å².